The van der Waals surface area contributed by atoms with E-state index in [2.05, 4.69) is 40.4 Å². The van der Waals surface area contributed by atoms with Crippen molar-refractivity contribution >= 4 is 27.5 Å². The third-order valence-corrected chi connectivity index (χ3v) is 4.72. The van der Waals surface area contributed by atoms with E-state index < -0.39 is 0 Å². The van der Waals surface area contributed by atoms with E-state index in [4.69, 9.17) is 4.74 Å². The summed E-state index contributed by atoms with van der Waals surface area (Å²) in [6.45, 7) is 6.51. The van der Waals surface area contributed by atoms with Crippen molar-refractivity contribution in [2.24, 2.45) is 0 Å². The predicted octanol–water partition coefficient (Wildman–Crippen LogP) is 4.87. The highest BCUT2D eigenvalue weighted by Crippen LogP contribution is 2.28. The third-order valence-electron chi connectivity index (χ3n) is 4.10. The summed E-state index contributed by atoms with van der Waals surface area (Å²) >= 11 is 3.49. The van der Waals surface area contributed by atoms with E-state index in [1.165, 1.54) is 0 Å². The van der Waals surface area contributed by atoms with Crippen LogP contribution in [0, 0.1) is 0 Å². The van der Waals surface area contributed by atoms with Crippen LogP contribution in [0.4, 0.5) is 5.69 Å². The van der Waals surface area contributed by atoms with Crippen molar-refractivity contribution in [1.29, 1.82) is 0 Å². The van der Waals surface area contributed by atoms with Gasteiger partial charge in [0.15, 0.2) is 0 Å². The summed E-state index contributed by atoms with van der Waals surface area (Å²) in [5.41, 5.74) is 3.11. The standard InChI is InChI=1S/C20H25BrN2O2/c1-13(2)16-7-5-6-8-18(16)23-20(24)12-22-14(3)15-9-10-19(25-4)17(21)11-15/h5-11,13-14,22H,12H2,1-4H3,(H,23,24)/t14-/m1/s1. The highest BCUT2D eigenvalue weighted by molar-refractivity contribution is 9.10. The third kappa shape index (κ3) is 5.31. The molecule has 0 aliphatic rings. The second kappa shape index (κ2) is 9.02. The number of ether oxygens (including phenoxy) is 1. The molecular weight excluding hydrogens is 380 g/mol. The van der Waals surface area contributed by atoms with Crippen LogP contribution in [0.25, 0.3) is 0 Å². The van der Waals surface area contributed by atoms with E-state index in [-0.39, 0.29) is 18.5 Å². The maximum absolute atomic E-state index is 12.3. The Hall–Kier alpha value is -1.85. The van der Waals surface area contributed by atoms with Crippen LogP contribution in [-0.4, -0.2) is 19.6 Å². The first kappa shape index (κ1) is 19.5. The van der Waals surface area contributed by atoms with E-state index in [1.54, 1.807) is 7.11 Å². The average molecular weight is 405 g/mol. The Balaban J connectivity index is 1.95. The Bertz CT molecular complexity index is 731. The van der Waals surface area contributed by atoms with Crippen molar-refractivity contribution in [3.05, 3.63) is 58.1 Å². The normalized spacial score (nSPS) is 12.1. The number of carbonyl (C=O) groups is 1. The van der Waals surface area contributed by atoms with Crippen molar-refractivity contribution in [1.82, 2.24) is 5.32 Å². The lowest BCUT2D eigenvalue weighted by atomic mass is 10.0. The number of methoxy groups -OCH3 is 1. The molecule has 1 atom stereocenters. The van der Waals surface area contributed by atoms with E-state index in [9.17, 15) is 4.79 Å². The van der Waals surface area contributed by atoms with E-state index in [1.807, 2.05) is 49.4 Å². The Morgan fingerprint density at radius 3 is 2.52 bits per heavy atom. The second-order valence-corrected chi connectivity index (χ2v) is 7.14. The molecule has 0 unspecified atom stereocenters. The fraction of sp³-hybridized carbons (Fsp3) is 0.350. The molecular formula is C20H25BrN2O2. The van der Waals surface area contributed by atoms with Crippen LogP contribution in [0.15, 0.2) is 46.9 Å². The van der Waals surface area contributed by atoms with Crippen molar-refractivity contribution in [2.75, 3.05) is 19.0 Å². The molecule has 0 saturated heterocycles. The number of benzene rings is 2. The van der Waals surface area contributed by atoms with Gasteiger partial charge in [-0.1, -0.05) is 38.1 Å². The molecule has 1 amide bonds. The Kier molecular flexibility index (Phi) is 7.02. The number of amides is 1. The molecule has 4 nitrogen and oxygen atoms in total. The Morgan fingerprint density at radius 2 is 1.88 bits per heavy atom. The van der Waals surface area contributed by atoms with E-state index in [0.29, 0.717) is 5.92 Å². The average Bonchev–Trinajstić information content (AvgIpc) is 2.59. The minimum Gasteiger partial charge on any atom is -0.496 e. The van der Waals surface area contributed by atoms with Gasteiger partial charge in [0.2, 0.25) is 5.91 Å². The molecule has 2 aromatic carbocycles. The first-order chi connectivity index (χ1) is 11.9. The number of anilines is 1. The van der Waals surface area contributed by atoms with Gasteiger partial charge in [0.25, 0.3) is 0 Å². The number of carbonyl (C=O) groups excluding carboxylic acids is 1. The summed E-state index contributed by atoms with van der Waals surface area (Å²) in [6, 6.07) is 13.9. The summed E-state index contributed by atoms with van der Waals surface area (Å²) in [5, 5.41) is 6.26. The number of nitrogens with one attached hydrogen (secondary N) is 2. The molecule has 0 aliphatic carbocycles. The van der Waals surface area contributed by atoms with Gasteiger partial charge in [-0.2, -0.15) is 0 Å². The van der Waals surface area contributed by atoms with Crippen LogP contribution in [0.5, 0.6) is 5.75 Å². The number of rotatable bonds is 7. The highest BCUT2D eigenvalue weighted by atomic mass is 79.9. The lowest BCUT2D eigenvalue weighted by Crippen LogP contribution is -2.30. The van der Waals surface area contributed by atoms with Crippen LogP contribution < -0.4 is 15.4 Å². The molecule has 0 aliphatic heterocycles. The zero-order valence-corrected chi connectivity index (χ0v) is 16.7. The molecule has 0 aromatic heterocycles. The minimum absolute atomic E-state index is 0.0486. The van der Waals surface area contributed by atoms with Crippen molar-refractivity contribution < 1.29 is 9.53 Å². The first-order valence-electron chi connectivity index (χ1n) is 8.38. The fourth-order valence-electron chi connectivity index (χ4n) is 2.62. The van der Waals surface area contributed by atoms with Gasteiger partial charge >= 0.3 is 0 Å². The maximum atomic E-state index is 12.3. The van der Waals surface area contributed by atoms with Gasteiger partial charge in [-0.25, -0.2) is 0 Å². The fourth-order valence-corrected chi connectivity index (χ4v) is 3.18. The van der Waals surface area contributed by atoms with Crippen molar-refractivity contribution in [2.45, 2.75) is 32.7 Å². The molecule has 25 heavy (non-hydrogen) atoms. The van der Waals surface area contributed by atoms with Crippen LogP contribution >= 0.6 is 15.9 Å². The quantitative estimate of drug-likeness (QED) is 0.691. The van der Waals surface area contributed by atoms with Crippen LogP contribution in [0.2, 0.25) is 0 Å². The lowest BCUT2D eigenvalue weighted by Gasteiger charge is -2.17. The molecule has 0 spiro atoms. The van der Waals surface area contributed by atoms with Gasteiger partial charge in [0.1, 0.15) is 5.75 Å². The molecule has 0 fully saturated rings. The number of hydrogen-bond donors (Lipinski definition) is 2. The summed E-state index contributed by atoms with van der Waals surface area (Å²) < 4.78 is 6.14. The number of para-hydroxylation sites is 1. The number of halogens is 1. The lowest BCUT2D eigenvalue weighted by molar-refractivity contribution is -0.115. The highest BCUT2D eigenvalue weighted by Gasteiger charge is 2.12. The molecule has 0 saturated carbocycles. The van der Waals surface area contributed by atoms with E-state index >= 15 is 0 Å². The smallest absolute Gasteiger partial charge is 0.238 e. The van der Waals surface area contributed by atoms with Gasteiger partial charge in [-0.15, -0.1) is 0 Å². The summed E-state index contributed by atoms with van der Waals surface area (Å²) in [7, 11) is 1.64. The maximum Gasteiger partial charge on any atom is 0.238 e. The number of hydrogen-bond acceptors (Lipinski definition) is 3. The SMILES string of the molecule is COc1ccc([C@@H](C)NCC(=O)Nc2ccccc2C(C)C)cc1Br. The zero-order valence-electron chi connectivity index (χ0n) is 15.1. The molecule has 5 heteroatoms. The minimum atomic E-state index is -0.0486. The molecule has 2 rings (SSSR count). The molecule has 2 aromatic rings. The topological polar surface area (TPSA) is 50.4 Å². The summed E-state index contributed by atoms with van der Waals surface area (Å²) in [5.74, 6) is 1.10. The van der Waals surface area contributed by atoms with Gasteiger partial charge in [-0.05, 0) is 58.1 Å². The molecule has 0 radical (unpaired) electrons. The first-order valence-corrected chi connectivity index (χ1v) is 9.17. The van der Waals surface area contributed by atoms with Crippen molar-refractivity contribution in [3.8, 4) is 5.75 Å². The van der Waals surface area contributed by atoms with Crippen LogP contribution in [-0.2, 0) is 4.79 Å². The predicted molar refractivity (Wildman–Crippen MR) is 106 cm³/mol. The van der Waals surface area contributed by atoms with Crippen LogP contribution in [0.1, 0.15) is 43.9 Å². The largest absolute Gasteiger partial charge is 0.496 e. The van der Waals surface area contributed by atoms with Gasteiger partial charge in [0, 0.05) is 11.7 Å². The van der Waals surface area contributed by atoms with Gasteiger partial charge < -0.3 is 15.4 Å². The molecule has 134 valence electrons. The monoisotopic (exact) mass is 404 g/mol. The summed E-state index contributed by atoms with van der Waals surface area (Å²) in [6.07, 6.45) is 0. The van der Waals surface area contributed by atoms with Gasteiger partial charge in [-0.3, -0.25) is 4.79 Å². The summed E-state index contributed by atoms with van der Waals surface area (Å²) in [4.78, 5) is 12.3. The van der Waals surface area contributed by atoms with Crippen LogP contribution in [0.3, 0.4) is 0 Å². The van der Waals surface area contributed by atoms with Gasteiger partial charge in [0.05, 0.1) is 18.1 Å². The van der Waals surface area contributed by atoms with Crippen molar-refractivity contribution in [3.63, 3.8) is 0 Å². The Morgan fingerprint density at radius 1 is 1.16 bits per heavy atom. The Labute approximate surface area is 158 Å². The molecule has 2 N–H and O–H groups in total. The molecule has 0 heterocycles. The molecule has 0 bridgehead atoms. The second-order valence-electron chi connectivity index (χ2n) is 6.29. The van der Waals surface area contributed by atoms with E-state index in [0.717, 1.165) is 27.0 Å². The zero-order chi connectivity index (χ0) is 18.4.